The normalized spacial score (nSPS) is 25.2. The Labute approximate surface area is 112 Å². The minimum Gasteiger partial charge on any atom is -0.315 e. The van der Waals surface area contributed by atoms with Crippen LogP contribution in [0, 0.1) is 0 Å². The van der Waals surface area contributed by atoms with E-state index in [2.05, 4.69) is 40.3 Å². The summed E-state index contributed by atoms with van der Waals surface area (Å²) in [5.74, 6) is 0. The van der Waals surface area contributed by atoms with E-state index in [1.807, 2.05) is 0 Å². The van der Waals surface area contributed by atoms with Gasteiger partial charge in [-0.2, -0.15) is 0 Å². The molecule has 1 atom stereocenters. The van der Waals surface area contributed by atoms with Gasteiger partial charge in [0.2, 0.25) is 0 Å². The lowest BCUT2D eigenvalue weighted by atomic mass is 10.1. The molecule has 0 aromatic heterocycles. The zero-order valence-corrected chi connectivity index (χ0v) is 12.0. The Bertz CT molecular complexity index is 161. The minimum atomic E-state index is 0.610. The van der Waals surface area contributed by atoms with Crippen molar-refractivity contribution in [1.29, 1.82) is 0 Å². The maximum Gasteiger partial charge on any atom is 0.0627 e. The van der Waals surface area contributed by atoms with Gasteiger partial charge in [-0.3, -0.25) is 0 Å². The van der Waals surface area contributed by atoms with E-state index in [9.17, 15) is 0 Å². The summed E-state index contributed by atoms with van der Waals surface area (Å²) in [5, 5.41) is 14.3. The maximum absolute atomic E-state index is 4.46. The smallest absolute Gasteiger partial charge is 0.0627 e. The van der Waals surface area contributed by atoms with Crippen LogP contribution in [-0.2, 0) is 0 Å². The number of hydrogen-bond donors (Lipinski definition) is 3. The Hall–Kier alpha value is -0.200. The highest BCUT2D eigenvalue weighted by Crippen LogP contribution is 2.02. The van der Waals surface area contributed by atoms with Crippen molar-refractivity contribution in [1.82, 2.24) is 26.2 Å². The van der Waals surface area contributed by atoms with Crippen LogP contribution in [0.5, 0.6) is 0 Å². The van der Waals surface area contributed by atoms with Crippen LogP contribution < -0.4 is 21.3 Å². The molecule has 0 saturated carbocycles. The van der Waals surface area contributed by atoms with Crippen molar-refractivity contribution in [3.63, 3.8) is 0 Å². The molecule has 0 bridgehead atoms. The fraction of sp³-hybridized carbons (Fsp3) is 1.00. The summed E-state index contributed by atoms with van der Waals surface area (Å²) in [6.45, 7) is 7.81. The molecule has 18 heavy (non-hydrogen) atoms. The predicted molar refractivity (Wildman–Crippen MR) is 76.9 cm³/mol. The van der Waals surface area contributed by atoms with Crippen LogP contribution in [0.2, 0.25) is 0 Å². The van der Waals surface area contributed by atoms with Gasteiger partial charge in [0.05, 0.1) is 6.67 Å². The quantitative estimate of drug-likeness (QED) is 0.633. The largest absolute Gasteiger partial charge is 0.315 e. The molecule has 2 heterocycles. The second-order valence-electron chi connectivity index (χ2n) is 5.23. The van der Waals surface area contributed by atoms with Crippen LogP contribution in [0.1, 0.15) is 19.3 Å². The lowest BCUT2D eigenvalue weighted by Crippen LogP contribution is -2.41. The molecule has 2 rings (SSSR count). The van der Waals surface area contributed by atoms with Gasteiger partial charge < -0.3 is 20.9 Å². The van der Waals surface area contributed by atoms with Gasteiger partial charge in [0.15, 0.2) is 0 Å². The van der Waals surface area contributed by atoms with Crippen LogP contribution in [0.15, 0.2) is 0 Å². The van der Waals surface area contributed by atoms with E-state index >= 15 is 0 Å². The Morgan fingerprint density at radius 3 is 2.28 bits per heavy atom. The molecule has 2 fully saturated rings. The van der Waals surface area contributed by atoms with E-state index in [0.29, 0.717) is 6.04 Å². The minimum absolute atomic E-state index is 0.610. The zero-order chi connectivity index (χ0) is 13.1. The maximum atomic E-state index is 4.46. The molecular formula is C13H30N5. The van der Waals surface area contributed by atoms with Gasteiger partial charge in [-0.15, -0.1) is 0 Å². The van der Waals surface area contributed by atoms with E-state index < -0.39 is 0 Å². The lowest BCUT2D eigenvalue weighted by molar-refractivity contribution is 0.313. The summed E-state index contributed by atoms with van der Waals surface area (Å²) in [4.78, 5) is 2.22. The number of rotatable bonds is 3. The third-order valence-corrected chi connectivity index (χ3v) is 3.21. The first-order valence-electron chi connectivity index (χ1n) is 7.22. The average Bonchev–Trinajstić information content (AvgIpc) is 2.70. The Balaban J connectivity index is 0.000000199. The molecule has 5 nitrogen and oxygen atoms in total. The molecule has 0 spiro atoms. The van der Waals surface area contributed by atoms with Crippen LogP contribution in [0.3, 0.4) is 0 Å². The zero-order valence-electron chi connectivity index (χ0n) is 12.0. The third kappa shape index (κ3) is 8.83. The highest BCUT2D eigenvalue weighted by molar-refractivity contribution is 4.72. The topological polar surface area (TPSA) is 53.4 Å². The monoisotopic (exact) mass is 256 g/mol. The summed E-state index contributed by atoms with van der Waals surface area (Å²) in [5.41, 5.74) is 0. The average molecular weight is 256 g/mol. The van der Waals surface area contributed by atoms with E-state index in [4.69, 9.17) is 0 Å². The lowest BCUT2D eigenvalue weighted by Gasteiger charge is -2.23. The molecule has 2 aliphatic heterocycles. The first-order valence-corrected chi connectivity index (χ1v) is 7.22. The van der Waals surface area contributed by atoms with Crippen molar-refractivity contribution in [2.24, 2.45) is 0 Å². The summed E-state index contributed by atoms with van der Waals surface area (Å²) >= 11 is 0. The van der Waals surface area contributed by atoms with E-state index in [-0.39, 0.29) is 0 Å². The molecule has 1 radical (unpaired) electrons. The Kier molecular flexibility index (Phi) is 9.42. The molecule has 3 N–H and O–H groups in total. The molecule has 2 saturated heterocycles. The number of nitrogens with zero attached hydrogens (tertiary/aromatic N) is 2. The van der Waals surface area contributed by atoms with Gasteiger partial charge in [-0.05, 0) is 59.5 Å². The molecule has 0 aromatic rings. The molecule has 5 heteroatoms. The van der Waals surface area contributed by atoms with Crippen molar-refractivity contribution in [3.8, 4) is 0 Å². The SMILES string of the molecule is C1CNCCNC1.CN(C)CCC1CCNC[N]1. The van der Waals surface area contributed by atoms with Gasteiger partial charge in [0.25, 0.3) is 0 Å². The number of hydrogen-bond acceptors (Lipinski definition) is 4. The second kappa shape index (κ2) is 10.7. The first-order chi connectivity index (χ1) is 8.79. The van der Waals surface area contributed by atoms with Crippen molar-refractivity contribution >= 4 is 0 Å². The molecule has 0 aromatic carbocycles. The van der Waals surface area contributed by atoms with Crippen molar-refractivity contribution in [2.75, 3.05) is 60.0 Å². The Morgan fingerprint density at radius 2 is 1.72 bits per heavy atom. The van der Waals surface area contributed by atoms with Gasteiger partial charge in [-0.1, -0.05) is 0 Å². The fourth-order valence-corrected chi connectivity index (χ4v) is 2.04. The van der Waals surface area contributed by atoms with Gasteiger partial charge in [0.1, 0.15) is 0 Å². The van der Waals surface area contributed by atoms with Gasteiger partial charge >= 0.3 is 0 Å². The molecule has 1 unspecified atom stereocenters. The summed E-state index contributed by atoms with van der Waals surface area (Å²) in [6.07, 6.45) is 3.71. The van der Waals surface area contributed by atoms with Gasteiger partial charge in [-0.25, -0.2) is 5.32 Å². The second-order valence-corrected chi connectivity index (χ2v) is 5.23. The van der Waals surface area contributed by atoms with Crippen molar-refractivity contribution < 1.29 is 0 Å². The van der Waals surface area contributed by atoms with E-state index in [1.54, 1.807) is 0 Å². The van der Waals surface area contributed by atoms with Crippen LogP contribution in [0.4, 0.5) is 0 Å². The van der Waals surface area contributed by atoms with E-state index in [0.717, 1.165) is 32.8 Å². The van der Waals surface area contributed by atoms with Crippen LogP contribution in [0.25, 0.3) is 0 Å². The molecule has 0 amide bonds. The van der Waals surface area contributed by atoms with E-state index in [1.165, 1.54) is 32.4 Å². The van der Waals surface area contributed by atoms with Crippen LogP contribution >= 0.6 is 0 Å². The fourth-order valence-electron chi connectivity index (χ4n) is 2.04. The Morgan fingerprint density at radius 1 is 1.00 bits per heavy atom. The number of nitrogens with one attached hydrogen (secondary N) is 3. The van der Waals surface area contributed by atoms with Crippen molar-refractivity contribution in [2.45, 2.75) is 25.3 Å². The van der Waals surface area contributed by atoms with Crippen LogP contribution in [-0.4, -0.2) is 71.0 Å². The standard InChI is InChI=1S/C8H18N3.C5H12N2/c1-11(2)6-4-8-3-5-9-7-10-8;1-2-6-4-5-7-3-1/h8-9H,3-7H2,1-2H3;6-7H,1-5H2. The van der Waals surface area contributed by atoms with Crippen molar-refractivity contribution in [3.05, 3.63) is 0 Å². The summed E-state index contributed by atoms with van der Waals surface area (Å²) in [7, 11) is 4.22. The predicted octanol–water partition coefficient (Wildman–Crippen LogP) is -0.569. The summed E-state index contributed by atoms with van der Waals surface area (Å²) in [6, 6.07) is 0.610. The molecule has 107 valence electrons. The molecule has 0 aliphatic carbocycles. The first kappa shape index (κ1) is 15.9. The summed E-state index contributed by atoms with van der Waals surface area (Å²) < 4.78 is 0. The highest BCUT2D eigenvalue weighted by atomic mass is 15.1. The molecular weight excluding hydrogens is 226 g/mol. The highest BCUT2D eigenvalue weighted by Gasteiger charge is 2.12. The van der Waals surface area contributed by atoms with Gasteiger partial charge in [0, 0.05) is 19.1 Å². The third-order valence-electron chi connectivity index (χ3n) is 3.21. The molecule has 2 aliphatic rings.